The van der Waals surface area contributed by atoms with E-state index in [1.807, 2.05) is 18.2 Å². The van der Waals surface area contributed by atoms with Gasteiger partial charge in [-0.2, -0.15) is 0 Å². The van der Waals surface area contributed by atoms with E-state index in [0.29, 0.717) is 18.2 Å². The number of rotatable bonds is 2. The van der Waals surface area contributed by atoms with Crippen molar-refractivity contribution >= 4 is 38.7 Å². The molecule has 2 N–H and O–H groups in total. The number of aliphatic carboxylic acids is 1. The number of H-pyrrole nitrogens is 1. The quantitative estimate of drug-likeness (QED) is 0.844. The molecule has 1 amide bonds. The van der Waals surface area contributed by atoms with Gasteiger partial charge in [0.1, 0.15) is 11.7 Å². The number of carbonyl (C=O) groups is 2. The summed E-state index contributed by atoms with van der Waals surface area (Å²) in [4.78, 5) is 29.2. The lowest BCUT2D eigenvalue weighted by Crippen LogP contribution is -2.43. The van der Waals surface area contributed by atoms with Crippen LogP contribution in [0.5, 0.6) is 0 Å². The zero-order chi connectivity index (χ0) is 16.1. The number of nitrogens with one attached hydrogen (secondary N) is 1. The van der Waals surface area contributed by atoms with E-state index in [1.165, 1.54) is 0 Å². The first-order valence-electron chi connectivity index (χ1n) is 7.86. The summed E-state index contributed by atoms with van der Waals surface area (Å²) in [7, 11) is 0. The van der Waals surface area contributed by atoms with Crippen molar-refractivity contribution in [1.29, 1.82) is 0 Å². The van der Waals surface area contributed by atoms with Gasteiger partial charge in [0, 0.05) is 21.9 Å². The number of carbonyl (C=O) groups excluding carboxylic acids is 1. The highest BCUT2D eigenvalue weighted by atomic mass is 79.9. The highest BCUT2D eigenvalue weighted by molar-refractivity contribution is 9.10. The van der Waals surface area contributed by atoms with E-state index in [4.69, 9.17) is 0 Å². The molecule has 0 bridgehead atoms. The molecule has 3 unspecified atom stereocenters. The first kappa shape index (κ1) is 14.8. The second kappa shape index (κ2) is 5.37. The maximum atomic E-state index is 12.9. The second-order valence-corrected chi connectivity index (χ2v) is 7.43. The number of aromatic amines is 1. The molecule has 6 heteroatoms. The van der Waals surface area contributed by atoms with Crippen LogP contribution in [0.2, 0.25) is 0 Å². The third-order valence-corrected chi connectivity index (χ3v) is 5.71. The van der Waals surface area contributed by atoms with Crippen molar-refractivity contribution in [1.82, 2.24) is 9.88 Å². The minimum Gasteiger partial charge on any atom is -0.480 e. The number of likely N-dealkylation sites (tertiary alicyclic amines) is 1. The van der Waals surface area contributed by atoms with E-state index in [1.54, 1.807) is 11.0 Å². The normalized spacial score (nSPS) is 26.7. The number of halogens is 1. The number of carboxylic acid groups (broad SMARTS) is 1. The topological polar surface area (TPSA) is 73.4 Å². The third kappa shape index (κ3) is 2.36. The number of nitrogens with zero attached hydrogens (tertiary/aromatic N) is 1. The fourth-order valence-electron chi connectivity index (χ4n) is 4.20. The van der Waals surface area contributed by atoms with Gasteiger partial charge in [-0.05, 0) is 42.9 Å². The van der Waals surface area contributed by atoms with Crippen LogP contribution in [0.4, 0.5) is 0 Å². The molecule has 120 valence electrons. The van der Waals surface area contributed by atoms with Gasteiger partial charge in [-0.25, -0.2) is 4.79 Å². The van der Waals surface area contributed by atoms with Gasteiger partial charge in [0.15, 0.2) is 0 Å². The maximum Gasteiger partial charge on any atom is 0.326 e. The van der Waals surface area contributed by atoms with E-state index in [-0.39, 0.29) is 11.8 Å². The van der Waals surface area contributed by atoms with Crippen LogP contribution in [0.25, 0.3) is 10.9 Å². The van der Waals surface area contributed by atoms with E-state index in [0.717, 1.165) is 34.6 Å². The van der Waals surface area contributed by atoms with Gasteiger partial charge in [-0.15, -0.1) is 0 Å². The Morgan fingerprint density at radius 2 is 2.09 bits per heavy atom. The lowest BCUT2D eigenvalue weighted by atomic mass is 9.94. The van der Waals surface area contributed by atoms with Gasteiger partial charge in [-0.1, -0.05) is 28.4 Å². The molecular formula is C17H17BrN2O3. The van der Waals surface area contributed by atoms with Crippen LogP contribution in [0.15, 0.2) is 28.7 Å². The van der Waals surface area contributed by atoms with E-state index >= 15 is 0 Å². The summed E-state index contributed by atoms with van der Waals surface area (Å²) in [6.45, 7) is 0.555. The Morgan fingerprint density at radius 3 is 2.87 bits per heavy atom. The second-order valence-electron chi connectivity index (χ2n) is 6.51. The molecule has 2 fully saturated rings. The Kier molecular flexibility index (Phi) is 3.44. The zero-order valence-electron chi connectivity index (χ0n) is 12.5. The first-order valence-corrected chi connectivity index (χ1v) is 8.66. The van der Waals surface area contributed by atoms with Crippen molar-refractivity contribution in [2.45, 2.75) is 25.3 Å². The molecule has 1 aliphatic heterocycles. The van der Waals surface area contributed by atoms with Crippen LogP contribution in [0.3, 0.4) is 0 Å². The van der Waals surface area contributed by atoms with Gasteiger partial charge in [0.25, 0.3) is 5.91 Å². The Labute approximate surface area is 141 Å². The van der Waals surface area contributed by atoms with Crippen LogP contribution >= 0.6 is 15.9 Å². The molecule has 4 rings (SSSR count). The summed E-state index contributed by atoms with van der Waals surface area (Å²) in [5.74, 6) is -0.653. The van der Waals surface area contributed by atoms with Crippen molar-refractivity contribution < 1.29 is 14.7 Å². The van der Waals surface area contributed by atoms with Crippen LogP contribution in [-0.2, 0) is 4.79 Å². The summed E-state index contributed by atoms with van der Waals surface area (Å²) < 4.78 is 0.935. The number of hydrogen-bond donors (Lipinski definition) is 2. The lowest BCUT2D eigenvalue weighted by molar-refractivity contribution is -0.142. The van der Waals surface area contributed by atoms with E-state index in [9.17, 15) is 14.7 Å². The standard InChI is InChI=1S/C17H17BrN2O3/c18-11-5-4-9-6-14(19-13(9)7-11)16(21)20-8-10-2-1-3-12(10)15(20)17(22)23/h4-7,10,12,15,19H,1-3,8H2,(H,22,23). The minimum atomic E-state index is -0.883. The highest BCUT2D eigenvalue weighted by Gasteiger charge is 2.49. The molecule has 2 aliphatic rings. The number of carboxylic acids is 1. The molecule has 23 heavy (non-hydrogen) atoms. The summed E-state index contributed by atoms with van der Waals surface area (Å²) in [5, 5.41) is 10.5. The minimum absolute atomic E-state index is 0.106. The smallest absolute Gasteiger partial charge is 0.326 e. The molecule has 1 aromatic carbocycles. The van der Waals surface area contributed by atoms with Crippen molar-refractivity contribution in [2.24, 2.45) is 11.8 Å². The number of fused-ring (bicyclic) bond motifs is 2. The molecule has 0 spiro atoms. The number of amides is 1. The van der Waals surface area contributed by atoms with Crippen molar-refractivity contribution in [3.63, 3.8) is 0 Å². The average Bonchev–Trinajstić information content (AvgIpc) is 3.18. The monoisotopic (exact) mass is 376 g/mol. The van der Waals surface area contributed by atoms with Gasteiger partial charge < -0.3 is 15.0 Å². The van der Waals surface area contributed by atoms with Crippen LogP contribution in [0, 0.1) is 11.8 Å². The fraction of sp³-hybridized carbons (Fsp3) is 0.412. The van der Waals surface area contributed by atoms with Gasteiger partial charge >= 0.3 is 5.97 Å². The largest absolute Gasteiger partial charge is 0.480 e. The summed E-state index contributed by atoms with van der Waals surface area (Å²) in [6.07, 6.45) is 3.00. The Hall–Kier alpha value is -1.82. The maximum absolute atomic E-state index is 12.9. The predicted octanol–water partition coefficient (Wildman–Crippen LogP) is 3.26. The number of benzene rings is 1. The zero-order valence-corrected chi connectivity index (χ0v) is 14.0. The number of hydrogen-bond acceptors (Lipinski definition) is 2. The van der Waals surface area contributed by atoms with Crippen molar-refractivity contribution in [3.05, 3.63) is 34.4 Å². The summed E-state index contributed by atoms with van der Waals surface area (Å²) in [5.41, 5.74) is 1.33. The molecule has 1 aromatic heterocycles. The summed E-state index contributed by atoms with van der Waals surface area (Å²) in [6, 6.07) is 6.88. The van der Waals surface area contributed by atoms with Gasteiger partial charge in [-0.3, -0.25) is 4.79 Å². The SMILES string of the molecule is O=C(O)C1C2CCCC2CN1C(=O)c1cc2ccc(Br)cc2[nH]1. The Morgan fingerprint density at radius 1 is 1.26 bits per heavy atom. The highest BCUT2D eigenvalue weighted by Crippen LogP contribution is 2.42. The van der Waals surface area contributed by atoms with E-state index < -0.39 is 12.0 Å². The fourth-order valence-corrected chi connectivity index (χ4v) is 4.56. The van der Waals surface area contributed by atoms with E-state index in [2.05, 4.69) is 20.9 Å². The molecule has 5 nitrogen and oxygen atoms in total. The Bertz CT molecular complexity index is 800. The third-order valence-electron chi connectivity index (χ3n) is 5.22. The van der Waals surface area contributed by atoms with Crippen LogP contribution in [-0.4, -0.2) is 39.5 Å². The Balaban J connectivity index is 1.68. The van der Waals surface area contributed by atoms with Gasteiger partial charge in [0.05, 0.1) is 0 Å². The van der Waals surface area contributed by atoms with Crippen LogP contribution < -0.4 is 0 Å². The molecule has 0 radical (unpaired) electrons. The molecule has 1 saturated carbocycles. The van der Waals surface area contributed by atoms with Crippen LogP contribution in [0.1, 0.15) is 29.8 Å². The molecule has 2 heterocycles. The number of aromatic nitrogens is 1. The van der Waals surface area contributed by atoms with Crippen molar-refractivity contribution in [2.75, 3.05) is 6.54 Å². The molecular weight excluding hydrogens is 360 g/mol. The first-order chi connectivity index (χ1) is 11.0. The van der Waals surface area contributed by atoms with Gasteiger partial charge in [0.2, 0.25) is 0 Å². The average molecular weight is 377 g/mol. The summed E-state index contributed by atoms with van der Waals surface area (Å²) >= 11 is 3.41. The predicted molar refractivity (Wildman–Crippen MR) is 89.3 cm³/mol. The van der Waals surface area contributed by atoms with Crippen molar-refractivity contribution in [3.8, 4) is 0 Å². The molecule has 1 aliphatic carbocycles. The molecule has 3 atom stereocenters. The molecule has 2 aromatic rings. The lowest BCUT2D eigenvalue weighted by Gasteiger charge is -2.23. The molecule has 1 saturated heterocycles.